The Hall–Kier alpha value is -1.83. The summed E-state index contributed by atoms with van der Waals surface area (Å²) in [4.78, 5) is 12.9. The van der Waals surface area contributed by atoms with Crippen LogP contribution in [0.4, 0.5) is 0 Å². The number of nitrogens with one attached hydrogen (secondary N) is 1. The van der Waals surface area contributed by atoms with Gasteiger partial charge >= 0.3 is 0 Å². The van der Waals surface area contributed by atoms with Gasteiger partial charge in [-0.3, -0.25) is 0 Å². The Morgan fingerprint density at radius 1 is 0.853 bits per heavy atom. The maximum atomic E-state index is 12.9. The zero-order valence-electron chi connectivity index (χ0n) is 22.8. The number of allylic oxidation sites excluding steroid dienone is 1. The molecule has 0 aromatic carbocycles. The minimum Gasteiger partial charge on any atom is -0.667 e. The molecule has 5 rings (SSSR count). The number of rotatable bonds is 2. The number of carbonyl (C=O) groups excluding carboxylic acids is 1. The minimum absolute atomic E-state index is 0. The van der Waals surface area contributed by atoms with Crippen LogP contribution >= 0.6 is 0 Å². The number of hydrogen-bond donors (Lipinski definition) is 1. The van der Waals surface area contributed by atoms with Gasteiger partial charge in [0.25, 0.3) is 0 Å². The molecule has 0 aromatic heterocycles. The Labute approximate surface area is 202 Å². The van der Waals surface area contributed by atoms with E-state index in [0.717, 1.165) is 38.5 Å². The zero-order valence-corrected chi connectivity index (χ0v) is 29.2. The quantitative estimate of drug-likeness (QED) is 0.299. The normalized spacial score (nSPS) is 53.4. The van der Waals surface area contributed by atoms with Crippen LogP contribution in [0.5, 0.6) is 0 Å². The molecule has 34 heavy (non-hydrogen) atoms. The molecule has 0 bridgehead atoms. The fourth-order valence-electron chi connectivity index (χ4n) is 11.5. The van der Waals surface area contributed by atoms with Crippen molar-refractivity contribution in [1.29, 1.82) is 0 Å². The van der Waals surface area contributed by atoms with Crippen LogP contribution in [-0.2, 0) is 4.79 Å². The summed E-state index contributed by atoms with van der Waals surface area (Å²) in [6, 6.07) is 0. The molecule has 5 fully saturated rings. The van der Waals surface area contributed by atoms with Gasteiger partial charge in [-0.15, -0.1) is 0 Å². The van der Waals surface area contributed by atoms with E-state index in [9.17, 15) is 9.90 Å². The van der Waals surface area contributed by atoms with E-state index in [2.05, 4.69) is 48.1 Å². The second kappa shape index (κ2) is 7.34. The van der Waals surface area contributed by atoms with E-state index in [1.54, 1.807) is 0 Å². The number of fused-ring (bicyclic) bond motifs is 7. The third-order valence-electron chi connectivity index (χ3n) is 13.5. The predicted octanol–water partition coefficient (Wildman–Crippen LogP) is 7.58. The summed E-state index contributed by atoms with van der Waals surface area (Å²) < 4.78 is 0. The van der Waals surface area contributed by atoms with Crippen molar-refractivity contribution in [2.45, 2.75) is 112 Å². The number of aliphatic hydroxyl groups is 1. The monoisotopic (exact) mass is 721 g/mol. The first-order valence-electron chi connectivity index (χ1n) is 13.9. The van der Waals surface area contributed by atoms with E-state index < -0.39 is 5.41 Å². The van der Waals surface area contributed by atoms with Crippen molar-refractivity contribution in [2.24, 2.45) is 56.7 Å². The van der Waals surface area contributed by atoms with Crippen molar-refractivity contribution < 1.29 is 9.90 Å². The fraction of sp³-hybridized carbons (Fsp3) is 0.900. The van der Waals surface area contributed by atoms with Crippen molar-refractivity contribution in [3.05, 3.63) is 17.9 Å². The van der Waals surface area contributed by atoms with Gasteiger partial charge in [0.05, 0.1) is 12.0 Å². The Bertz CT molecular complexity index is 870. The fourth-order valence-corrected chi connectivity index (χ4v) is 11.5. The van der Waals surface area contributed by atoms with Gasteiger partial charge in [0.2, 0.25) is 0 Å². The van der Waals surface area contributed by atoms with E-state index in [1.165, 1.54) is 31.3 Å². The second-order valence-electron chi connectivity index (χ2n) is 14.5. The Morgan fingerprint density at radius 2 is 1.53 bits per heavy atom. The summed E-state index contributed by atoms with van der Waals surface area (Å²) in [6.45, 7) is 18.9. The summed E-state index contributed by atoms with van der Waals surface area (Å²) in [6.07, 6.45) is 10.8. The van der Waals surface area contributed by atoms with Gasteiger partial charge in [-0.25, -0.2) is 0 Å². The van der Waals surface area contributed by atoms with Crippen molar-refractivity contribution in [2.75, 3.05) is 0 Å². The molecule has 4 heteroatoms. The third-order valence-corrected chi connectivity index (χ3v) is 13.5. The largest absolute Gasteiger partial charge is 0.667 e. The van der Waals surface area contributed by atoms with Gasteiger partial charge in [0, 0.05) is 5.41 Å². The smallest absolute Gasteiger partial charge is 0.0594 e. The number of hydrogen-bond acceptors (Lipinski definition) is 2. The Morgan fingerprint density at radius 3 is 2.15 bits per heavy atom. The maximum Gasteiger partial charge on any atom is 0.0594 e. The summed E-state index contributed by atoms with van der Waals surface area (Å²) in [7, 11) is 0. The molecule has 0 saturated heterocycles. The molecule has 4 unspecified atom stereocenters. The molecule has 3 nitrogen and oxygen atoms in total. The van der Waals surface area contributed by atoms with Gasteiger partial charge in [-0.2, -0.15) is 0 Å². The molecule has 5 saturated carbocycles. The van der Waals surface area contributed by atoms with E-state index in [4.69, 9.17) is 5.73 Å². The Balaban J connectivity index is 0.00000274. The SMILES string of the molecule is C=C(C)[C@@H]1CC[C@]2(C([NH-])=O)CC[C@]3(C)C(CCC4[C@@]5(C)CC[C@H](O)C(C)(C)C5CC[C@]43C)C12.[Rf]. The van der Waals surface area contributed by atoms with Crippen molar-refractivity contribution in [3.63, 3.8) is 0 Å². The molecule has 0 heterocycles. The molecule has 5 aliphatic carbocycles. The molecule has 0 spiro atoms. The summed E-state index contributed by atoms with van der Waals surface area (Å²) >= 11 is 0. The predicted molar refractivity (Wildman–Crippen MR) is 134 cm³/mol. The molecule has 1 amide bonds. The van der Waals surface area contributed by atoms with Gasteiger partial charge in [-0.05, 0) is 122 Å². The van der Waals surface area contributed by atoms with Crippen molar-refractivity contribution in [3.8, 4) is 0 Å². The molecule has 0 radical (unpaired) electrons. The minimum atomic E-state index is -0.422. The topological polar surface area (TPSA) is 61.1 Å². The van der Waals surface area contributed by atoms with E-state index in [-0.39, 0.29) is 33.7 Å². The first-order valence-corrected chi connectivity index (χ1v) is 13.9. The van der Waals surface area contributed by atoms with Crippen LogP contribution in [0, 0.1) is 56.7 Å². The molecular weight excluding hydrogens is 673 g/mol. The van der Waals surface area contributed by atoms with E-state index in [1.807, 2.05) is 0 Å². The summed E-state index contributed by atoms with van der Waals surface area (Å²) in [5.74, 6) is 2.21. The molecule has 188 valence electrons. The van der Waals surface area contributed by atoms with Gasteiger partial charge < -0.3 is 15.6 Å². The van der Waals surface area contributed by atoms with Crippen LogP contribution in [0.15, 0.2) is 12.2 Å². The van der Waals surface area contributed by atoms with Gasteiger partial charge in [0.15, 0.2) is 0 Å². The molecular formula is C30H48NO2Rf-. The molecule has 2 N–H and O–H groups in total. The summed E-state index contributed by atoms with van der Waals surface area (Å²) in [5.41, 5.74) is 9.91. The van der Waals surface area contributed by atoms with Crippen LogP contribution in [-0.4, -0.2) is 17.1 Å². The molecule has 0 aromatic rings. The first-order chi connectivity index (χ1) is 15.3. The van der Waals surface area contributed by atoms with E-state index >= 15 is 0 Å². The van der Waals surface area contributed by atoms with Crippen LogP contribution < -0.4 is 0 Å². The first kappa shape index (κ1) is 25.3. The number of carbonyl (C=O) groups is 1. The van der Waals surface area contributed by atoms with Gasteiger partial charge in [0.1, 0.15) is 0 Å². The number of aliphatic hydroxyl groups excluding tert-OH is 1. The van der Waals surface area contributed by atoms with Crippen LogP contribution in [0.3, 0.4) is 0 Å². The standard InChI is InChI=1S/C30H49NO2.Rf/c1-18(2)19-10-15-30(25(31)33)17-16-28(6)20(24(19)30)8-9-22-27(5)13-12-23(32)26(3,4)21(27)11-14-29(22,28)7;/h19-24,32H,1,8-17H2,2-7H3,(H2,31,33);/p-1/t19-,20?,21?,22?,23-,24?,27-,28+,29+,30-;/m0./s1. The van der Waals surface area contributed by atoms with Crippen molar-refractivity contribution >= 4 is 5.91 Å². The zero-order chi connectivity index (χ0) is 24.2. The summed E-state index contributed by atoms with van der Waals surface area (Å²) in [5, 5.41) is 10.9. The van der Waals surface area contributed by atoms with Crippen LogP contribution in [0.25, 0.3) is 5.73 Å². The van der Waals surface area contributed by atoms with E-state index in [0.29, 0.717) is 29.6 Å². The maximum absolute atomic E-state index is 12.9. The molecule has 0 aliphatic heterocycles. The van der Waals surface area contributed by atoms with Gasteiger partial charge in [-0.1, -0.05) is 46.8 Å². The third kappa shape index (κ3) is 2.72. The van der Waals surface area contributed by atoms with Crippen LogP contribution in [0.1, 0.15) is 106 Å². The average molecular weight is 722 g/mol. The second-order valence-corrected chi connectivity index (χ2v) is 14.5. The molecule has 5 aliphatic rings. The van der Waals surface area contributed by atoms with Crippen LogP contribution in [0.2, 0.25) is 0 Å². The Kier molecular flexibility index (Phi) is 5.46. The van der Waals surface area contributed by atoms with Crippen molar-refractivity contribution in [1.82, 2.24) is 0 Å². The molecule has 10 atom stereocenters. The number of amides is 1. The average Bonchev–Trinajstić information content (AvgIpc) is 3.13.